The number of hydrogen-bond donors (Lipinski definition) is 2. The fourth-order valence-corrected chi connectivity index (χ4v) is 3.65. The minimum absolute atomic E-state index is 0.0468. The number of hydrogen-bond acceptors (Lipinski definition) is 4. The van der Waals surface area contributed by atoms with Crippen LogP contribution in [0.4, 0.5) is 0 Å². The third kappa shape index (κ3) is 2.60. The smallest absolute Gasteiger partial charge is 0.356 e. The molecule has 1 aliphatic heterocycles. The van der Waals surface area contributed by atoms with Gasteiger partial charge in [0.25, 0.3) is 5.91 Å². The molecule has 2 N–H and O–H groups in total. The number of carboxylic acids is 1. The van der Waals surface area contributed by atoms with Crippen LogP contribution in [0.15, 0.2) is 30.6 Å². The lowest BCUT2D eigenvalue weighted by Gasteiger charge is -2.34. The molecule has 1 aromatic carbocycles. The number of carbonyl (C=O) groups is 2. The van der Waals surface area contributed by atoms with Gasteiger partial charge in [-0.25, -0.2) is 9.78 Å². The molecular weight excluding hydrogens is 356 g/mol. The third-order valence-corrected chi connectivity index (χ3v) is 5.02. The van der Waals surface area contributed by atoms with Crippen molar-refractivity contribution in [2.75, 3.05) is 19.6 Å². The largest absolute Gasteiger partial charge is 0.476 e. The maximum Gasteiger partial charge on any atom is 0.356 e. The van der Waals surface area contributed by atoms with E-state index in [1.54, 1.807) is 33.6 Å². The molecule has 26 heavy (non-hydrogen) atoms. The van der Waals surface area contributed by atoms with E-state index in [2.05, 4.69) is 10.3 Å². The Balaban J connectivity index is 1.99. The first-order valence-electron chi connectivity index (χ1n) is 8.31. The number of aromatic nitrogens is 2. The molecule has 0 radical (unpaired) electrons. The van der Waals surface area contributed by atoms with Crippen LogP contribution in [0.5, 0.6) is 0 Å². The lowest BCUT2D eigenvalue weighted by atomic mass is 10.0. The molecule has 0 saturated carbocycles. The van der Waals surface area contributed by atoms with E-state index in [-0.39, 0.29) is 17.6 Å². The Morgan fingerprint density at radius 1 is 1.31 bits per heavy atom. The Kier molecular flexibility index (Phi) is 4.05. The van der Waals surface area contributed by atoms with Crippen LogP contribution in [0.1, 0.15) is 27.8 Å². The van der Waals surface area contributed by atoms with Crippen molar-refractivity contribution >= 4 is 39.9 Å². The van der Waals surface area contributed by atoms with Crippen LogP contribution >= 0.6 is 11.6 Å². The second-order valence-corrected chi connectivity index (χ2v) is 6.86. The Hall–Kier alpha value is -2.64. The number of nitrogens with one attached hydrogen (secondary N) is 1. The first-order chi connectivity index (χ1) is 12.5. The summed E-state index contributed by atoms with van der Waals surface area (Å²) < 4.78 is 1.67. The number of amides is 1. The van der Waals surface area contributed by atoms with Gasteiger partial charge in [0.05, 0.1) is 16.6 Å². The topological polar surface area (TPSA) is 86.9 Å². The fraction of sp³-hybridized carbons (Fsp3) is 0.278. The number of imidazole rings is 1. The maximum atomic E-state index is 13.3. The van der Waals surface area contributed by atoms with E-state index in [1.165, 1.54) is 6.33 Å². The highest BCUT2D eigenvalue weighted by Crippen LogP contribution is 2.28. The third-order valence-electron chi connectivity index (χ3n) is 4.79. The lowest BCUT2D eigenvalue weighted by Crippen LogP contribution is -2.52. The van der Waals surface area contributed by atoms with E-state index >= 15 is 0 Å². The number of nitrogens with zero attached hydrogens (tertiary/aromatic N) is 3. The molecule has 0 spiro atoms. The SMILES string of the molecule is CC1CNCCN1C(=O)c1cc2c(C(=O)O)ncn2c2ccc(Cl)cc12. The highest BCUT2D eigenvalue weighted by Gasteiger charge is 2.27. The van der Waals surface area contributed by atoms with Gasteiger partial charge in [0.1, 0.15) is 6.33 Å². The zero-order valence-corrected chi connectivity index (χ0v) is 14.8. The van der Waals surface area contributed by atoms with Gasteiger partial charge >= 0.3 is 5.97 Å². The summed E-state index contributed by atoms with van der Waals surface area (Å²) in [5.41, 5.74) is 1.44. The van der Waals surface area contributed by atoms with Crippen LogP contribution in [0, 0.1) is 0 Å². The predicted octanol–water partition coefficient (Wildman–Crippen LogP) is 2.27. The Bertz CT molecular complexity index is 1050. The quantitative estimate of drug-likeness (QED) is 0.720. The predicted molar refractivity (Wildman–Crippen MR) is 98.0 cm³/mol. The summed E-state index contributed by atoms with van der Waals surface area (Å²) in [4.78, 5) is 30.6. The van der Waals surface area contributed by atoms with Crippen molar-refractivity contribution in [1.82, 2.24) is 19.6 Å². The molecule has 0 bridgehead atoms. The number of pyridine rings is 1. The average Bonchev–Trinajstić information content (AvgIpc) is 3.05. The fourth-order valence-electron chi connectivity index (χ4n) is 3.48. The highest BCUT2D eigenvalue weighted by atomic mass is 35.5. The van der Waals surface area contributed by atoms with Crippen LogP contribution < -0.4 is 5.32 Å². The molecule has 1 saturated heterocycles. The first-order valence-corrected chi connectivity index (χ1v) is 8.69. The molecule has 2 aromatic heterocycles. The highest BCUT2D eigenvalue weighted by molar-refractivity contribution is 6.31. The molecule has 134 valence electrons. The summed E-state index contributed by atoms with van der Waals surface area (Å²) in [5.74, 6) is -1.26. The molecule has 3 heterocycles. The van der Waals surface area contributed by atoms with Gasteiger partial charge in [0.2, 0.25) is 0 Å². The van der Waals surface area contributed by atoms with Gasteiger partial charge in [-0.05, 0) is 31.2 Å². The molecule has 1 amide bonds. The normalized spacial score (nSPS) is 17.8. The van der Waals surface area contributed by atoms with Crippen molar-refractivity contribution in [3.8, 4) is 0 Å². The summed E-state index contributed by atoms with van der Waals surface area (Å²) in [5, 5.41) is 13.9. The summed E-state index contributed by atoms with van der Waals surface area (Å²) >= 11 is 6.16. The first kappa shape index (κ1) is 16.8. The molecule has 1 aliphatic rings. The van der Waals surface area contributed by atoms with E-state index in [4.69, 9.17) is 11.6 Å². The van der Waals surface area contributed by atoms with Crippen molar-refractivity contribution in [1.29, 1.82) is 0 Å². The van der Waals surface area contributed by atoms with Gasteiger partial charge in [0, 0.05) is 36.1 Å². The minimum atomic E-state index is -1.13. The summed E-state index contributed by atoms with van der Waals surface area (Å²) in [7, 11) is 0. The van der Waals surface area contributed by atoms with Crippen molar-refractivity contribution in [2.24, 2.45) is 0 Å². The molecule has 4 rings (SSSR count). The summed E-state index contributed by atoms with van der Waals surface area (Å²) in [6.07, 6.45) is 1.46. The number of aromatic carboxylic acids is 1. The van der Waals surface area contributed by atoms with E-state index < -0.39 is 5.97 Å². The summed E-state index contributed by atoms with van der Waals surface area (Å²) in [6.45, 7) is 4.03. The Morgan fingerprint density at radius 2 is 2.12 bits per heavy atom. The van der Waals surface area contributed by atoms with E-state index in [0.29, 0.717) is 33.6 Å². The van der Waals surface area contributed by atoms with Gasteiger partial charge in [-0.1, -0.05) is 11.6 Å². The number of halogens is 1. The minimum Gasteiger partial charge on any atom is -0.476 e. The Morgan fingerprint density at radius 3 is 2.85 bits per heavy atom. The molecule has 8 heteroatoms. The standard InChI is InChI=1S/C18H17ClN4O3/c1-10-8-20-4-5-22(10)17(24)13-7-15-16(18(25)26)21-9-23(15)14-3-2-11(19)6-12(13)14/h2-3,6-7,9-10,20H,4-5,8H2,1H3,(H,25,26). The average molecular weight is 373 g/mol. The number of rotatable bonds is 2. The molecule has 1 unspecified atom stereocenters. The number of carboxylic acid groups (broad SMARTS) is 1. The molecular formula is C18H17ClN4O3. The zero-order chi connectivity index (χ0) is 18.4. The van der Waals surface area contributed by atoms with Gasteiger partial charge in [-0.15, -0.1) is 0 Å². The van der Waals surface area contributed by atoms with Crippen LogP contribution in [0.2, 0.25) is 5.02 Å². The van der Waals surface area contributed by atoms with E-state index in [1.807, 2.05) is 6.92 Å². The zero-order valence-electron chi connectivity index (χ0n) is 14.1. The van der Waals surface area contributed by atoms with Crippen molar-refractivity contribution in [3.05, 3.63) is 46.9 Å². The summed E-state index contributed by atoms with van der Waals surface area (Å²) in [6, 6.07) is 6.87. The molecule has 7 nitrogen and oxygen atoms in total. The second kappa shape index (κ2) is 6.26. The van der Waals surface area contributed by atoms with E-state index in [0.717, 1.165) is 13.1 Å². The van der Waals surface area contributed by atoms with Gasteiger partial charge in [0.15, 0.2) is 5.69 Å². The number of piperazine rings is 1. The van der Waals surface area contributed by atoms with Crippen LogP contribution in [-0.2, 0) is 0 Å². The van der Waals surface area contributed by atoms with Gasteiger partial charge < -0.3 is 15.3 Å². The van der Waals surface area contributed by atoms with Crippen LogP contribution in [-0.4, -0.2) is 56.9 Å². The lowest BCUT2D eigenvalue weighted by molar-refractivity contribution is 0.0654. The van der Waals surface area contributed by atoms with Gasteiger partial charge in [-0.2, -0.15) is 0 Å². The van der Waals surface area contributed by atoms with Crippen LogP contribution in [0.3, 0.4) is 0 Å². The van der Waals surface area contributed by atoms with E-state index in [9.17, 15) is 14.7 Å². The second-order valence-electron chi connectivity index (χ2n) is 6.42. The van der Waals surface area contributed by atoms with Gasteiger partial charge in [-0.3, -0.25) is 9.20 Å². The van der Waals surface area contributed by atoms with Crippen molar-refractivity contribution in [3.63, 3.8) is 0 Å². The number of carbonyl (C=O) groups excluding carboxylic acids is 1. The Labute approximate surface area is 154 Å². The maximum absolute atomic E-state index is 13.3. The van der Waals surface area contributed by atoms with Crippen LogP contribution in [0.25, 0.3) is 16.4 Å². The number of benzene rings is 1. The molecule has 1 atom stereocenters. The molecule has 1 fully saturated rings. The van der Waals surface area contributed by atoms with Crippen molar-refractivity contribution in [2.45, 2.75) is 13.0 Å². The molecule has 0 aliphatic carbocycles. The number of fused-ring (bicyclic) bond motifs is 3. The monoisotopic (exact) mass is 372 g/mol. The molecule has 3 aromatic rings. The van der Waals surface area contributed by atoms with Crippen molar-refractivity contribution < 1.29 is 14.7 Å².